The summed E-state index contributed by atoms with van der Waals surface area (Å²) in [5, 5.41) is 0.724. The van der Waals surface area contributed by atoms with Crippen LogP contribution in [0.2, 0.25) is 5.02 Å². The monoisotopic (exact) mass is 376 g/mol. The van der Waals surface area contributed by atoms with Crippen molar-refractivity contribution in [1.82, 2.24) is 9.55 Å². The summed E-state index contributed by atoms with van der Waals surface area (Å²) in [5.74, 6) is 1.88. The van der Waals surface area contributed by atoms with Gasteiger partial charge in [0, 0.05) is 17.1 Å². The predicted molar refractivity (Wildman–Crippen MR) is 111 cm³/mol. The van der Waals surface area contributed by atoms with Crippen LogP contribution in [0.4, 0.5) is 0 Å². The molecular formula is C23H21ClN2O. The van der Waals surface area contributed by atoms with Gasteiger partial charge >= 0.3 is 0 Å². The maximum Gasteiger partial charge on any atom is 0.141 e. The lowest BCUT2D eigenvalue weighted by Gasteiger charge is -2.10. The number of nitrogens with zero attached hydrogens (tertiary/aromatic N) is 2. The first-order valence-electron chi connectivity index (χ1n) is 9.20. The third kappa shape index (κ3) is 4.15. The average Bonchev–Trinajstić information content (AvgIpc) is 3.07. The van der Waals surface area contributed by atoms with Crippen LogP contribution in [0.1, 0.15) is 12.8 Å². The highest BCUT2D eigenvalue weighted by Gasteiger charge is 2.12. The Bertz CT molecular complexity index is 1030. The highest BCUT2D eigenvalue weighted by atomic mass is 35.5. The molecule has 0 N–H and O–H groups in total. The Hall–Kier alpha value is -2.78. The first-order valence-corrected chi connectivity index (χ1v) is 9.58. The van der Waals surface area contributed by atoms with E-state index in [1.165, 1.54) is 0 Å². The van der Waals surface area contributed by atoms with Crippen molar-refractivity contribution in [1.29, 1.82) is 0 Å². The van der Waals surface area contributed by atoms with E-state index in [4.69, 9.17) is 21.3 Å². The predicted octanol–water partition coefficient (Wildman–Crippen LogP) is 6.22. The van der Waals surface area contributed by atoms with Gasteiger partial charge in [-0.25, -0.2) is 4.98 Å². The Morgan fingerprint density at radius 1 is 0.852 bits per heavy atom. The van der Waals surface area contributed by atoms with Crippen LogP contribution in [0.3, 0.4) is 0 Å². The van der Waals surface area contributed by atoms with E-state index in [1.807, 2.05) is 54.6 Å². The fourth-order valence-corrected chi connectivity index (χ4v) is 3.42. The first kappa shape index (κ1) is 17.6. The number of unbranched alkanes of at least 4 members (excludes halogenated alkanes) is 1. The molecular weight excluding hydrogens is 356 g/mol. The Kier molecular flexibility index (Phi) is 5.40. The van der Waals surface area contributed by atoms with Crippen LogP contribution < -0.4 is 4.74 Å². The van der Waals surface area contributed by atoms with Gasteiger partial charge in [-0.2, -0.15) is 0 Å². The summed E-state index contributed by atoms with van der Waals surface area (Å²) in [5.41, 5.74) is 3.20. The third-order valence-corrected chi connectivity index (χ3v) is 4.76. The van der Waals surface area contributed by atoms with Crippen molar-refractivity contribution < 1.29 is 4.74 Å². The average molecular weight is 377 g/mol. The summed E-state index contributed by atoms with van der Waals surface area (Å²) < 4.78 is 8.08. The molecule has 4 rings (SSSR count). The molecule has 0 radical (unpaired) electrons. The molecule has 0 unspecified atom stereocenters. The number of hydrogen-bond donors (Lipinski definition) is 0. The number of fused-ring (bicyclic) bond motifs is 1. The molecule has 0 atom stereocenters. The van der Waals surface area contributed by atoms with E-state index in [9.17, 15) is 0 Å². The maximum absolute atomic E-state index is 6.20. The summed E-state index contributed by atoms with van der Waals surface area (Å²) in [6.45, 7) is 1.60. The molecule has 1 heterocycles. The van der Waals surface area contributed by atoms with E-state index >= 15 is 0 Å². The van der Waals surface area contributed by atoms with Crippen LogP contribution in [0.25, 0.3) is 22.4 Å². The van der Waals surface area contributed by atoms with Crippen LogP contribution in [-0.4, -0.2) is 16.2 Å². The number of rotatable bonds is 7. The van der Waals surface area contributed by atoms with E-state index in [0.29, 0.717) is 6.61 Å². The Balaban J connectivity index is 1.49. The van der Waals surface area contributed by atoms with Gasteiger partial charge in [-0.3, -0.25) is 0 Å². The second-order valence-corrected chi connectivity index (χ2v) is 6.89. The Morgan fingerprint density at radius 2 is 1.67 bits per heavy atom. The largest absolute Gasteiger partial charge is 0.494 e. The standard InChI is InChI=1S/C23H21ClN2O/c24-19-10-8-9-18(17-19)23-25-21-13-4-5-14-22(21)26(23)15-6-7-16-27-20-11-2-1-3-12-20/h1-5,8-14,17H,6-7,15-16H2. The molecule has 0 saturated heterocycles. The van der Waals surface area contributed by atoms with Gasteiger partial charge in [0.2, 0.25) is 0 Å². The number of imidazole rings is 1. The van der Waals surface area contributed by atoms with Gasteiger partial charge < -0.3 is 9.30 Å². The molecule has 0 fully saturated rings. The molecule has 0 saturated carbocycles. The normalized spacial score (nSPS) is 11.0. The Labute approximate surface area is 164 Å². The number of aryl methyl sites for hydroxylation is 1. The van der Waals surface area contributed by atoms with Gasteiger partial charge in [0.25, 0.3) is 0 Å². The van der Waals surface area contributed by atoms with Crippen molar-refractivity contribution in [3.63, 3.8) is 0 Å². The lowest BCUT2D eigenvalue weighted by atomic mass is 10.2. The molecule has 0 bridgehead atoms. The molecule has 3 aromatic carbocycles. The van der Waals surface area contributed by atoms with Crippen molar-refractivity contribution in [3.05, 3.63) is 83.9 Å². The van der Waals surface area contributed by atoms with Crippen LogP contribution in [-0.2, 0) is 6.54 Å². The molecule has 0 aliphatic heterocycles. The summed E-state index contributed by atoms with van der Waals surface area (Å²) in [7, 11) is 0. The summed E-state index contributed by atoms with van der Waals surface area (Å²) >= 11 is 6.20. The third-order valence-electron chi connectivity index (χ3n) is 4.53. The molecule has 0 amide bonds. The zero-order valence-corrected chi connectivity index (χ0v) is 15.8. The number of halogens is 1. The van der Waals surface area contributed by atoms with Crippen LogP contribution >= 0.6 is 11.6 Å². The van der Waals surface area contributed by atoms with Crippen molar-refractivity contribution in [2.75, 3.05) is 6.61 Å². The molecule has 3 nitrogen and oxygen atoms in total. The number of aromatic nitrogens is 2. The molecule has 0 aliphatic rings. The maximum atomic E-state index is 6.20. The molecule has 27 heavy (non-hydrogen) atoms. The minimum absolute atomic E-state index is 0.711. The first-order chi connectivity index (χ1) is 13.3. The lowest BCUT2D eigenvalue weighted by molar-refractivity contribution is 0.303. The zero-order chi connectivity index (χ0) is 18.5. The number of benzene rings is 3. The lowest BCUT2D eigenvalue weighted by Crippen LogP contribution is -2.04. The van der Waals surface area contributed by atoms with Crippen LogP contribution in [0.15, 0.2) is 78.9 Å². The molecule has 0 aliphatic carbocycles. The summed E-state index contributed by atoms with van der Waals surface area (Å²) in [6, 6.07) is 26.1. The van der Waals surface area contributed by atoms with E-state index in [0.717, 1.165) is 52.6 Å². The number of hydrogen-bond acceptors (Lipinski definition) is 2. The highest BCUT2D eigenvalue weighted by molar-refractivity contribution is 6.30. The number of ether oxygens (including phenoxy) is 1. The molecule has 136 valence electrons. The van der Waals surface area contributed by atoms with Gasteiger partial charge in [0.1, 0.15) is 11.6 Å². The van der Waals surface area contributed by atoms with Gasteiger partial charge in [-0.15, -0.1) is 0 Å². The van der Waals surface area contributed by atoms with Crippen molar-refractivity contribution in [2.24, 2.45) is 0 Å². The molecule has 1 aromatic heterocycles. The SMILES string of the molecule is Clc1cccc(-c2nc3ccccc3n2CCCCOc2ccccc2)c1. The van der Waals surface area contributed by atoms with Gasteiger partial charge in [0.05, 0.1) is 17.6 Å². The zero-order valence-electron chi connectivity index (χ0n) is 15.0. The highest BCUT2D eigenvalue weighted by Crippen LogP contribution is 2.27. The molecule has 0 spiro atoms. The van der Waals surface area contributed by atoms with E-state index in [-0.39, 0.29) is 0 Å². The fraction of sp³-hybridized carbons (Fsp3) is 0.174. The van der Waals surface area contributed by atoms with Gasteiger partial charge in [-0.05, 0) is 49.2 Å². The molecule has 4 heteroatoms. The van der Waals surface area contributed by atoms with Gasteiger partial charge in [-0.1, -0.05) is 54.1 Å². The van der Waals surface area contributed by atoms with Crippen LogP contribution in [0, 0.1) is 0 Å². The second kappa shape index (κ2) is 8.28. The smallest absolute Gasteiger partial charge is 0.141 e. The summed E-state index contributed by atoms with van der Waals surface area (Å²) in [4.78, 5) is 4.84. The number of para-hydroxylation sites is 3. The Morgan fingerprint density at radius 3 is 2.52 bits per heavy atom. The van der Waals surface area contributed by atoms with E-state index < -0.39 is 0 Å². The summed E-state index contributed by atoms with van der Waals surface area (Å²) in [6.07, 6.45) is 2.00. The van der Waals surface area contributed by atoms with Crippen molar-refractivity contribution in [3.8, 4) is 17.1 Å². The quantitative estimate of drug-likeness (QED) is 0.358. The fourth-order valence-electron chi connectivity index (χ4n) is 3.23. The van der Waals surface area contributed by atoms with Crippen molar-refractivity contribution >= 4 is 22.6 Å². The van der Waals surface area contributed by atoms with Crippen LogP contribution in [0.5, 0.6) is 5.75 Å². The minimum atomic E-state index is 0.711. The van der Waals surface area contributed by atoms with Gasteiger partial charge in [0.15, 0.2) is 0 Å². The van der Waals surface area contributed by atoms with Crippen molar-refractivity contribution in [2.45, 2.75) is 19.4 Å². The second-order valence-electron chi connectivity index (χ2n) is 6.45. The topological polar surface area (TPSA) is 27.1 Å². The molecule has 4 aromatic rings. The van der Waals surface area contributed by atoms with E-state index in [1.54, 1.807) is 0 Å². The van der Waals surface area contributed by atoms with E-state index in [2.05, 4.69) is 28.8 Å². The minimum Gasteiger partial charge on any atom is -0.494 e.